The first kappa shape index (κ1) is 17.9. The molecule has 5 nitrogen and oxygen atoms in total. The summed E-state index contributed by atoms with van der Waals surface area (Å²) in [6.45, 7) is 7.25. The molecule has 2 unspecified atom stereocenters. The van der Waals surface area contributed by atoms with Gasteiger partial charge >= 0.3 is 6.09 Å². The van der Waals surface area contributed by atoms with E-state index in [0.29, 0.717) is 11.4 Å². The smallest absolute Gasteiger partial charge is 0.410 e. The summed E-state index contributed by atoms with van der Waals surface area (Å²) in [7, 11) is 0. The van der Waals surface area contributed by atoms with Gasteiger partial charge < -0.3 is 9.64 Å². The molecule has 25 heavy (non-hydrogen) atoms. The third-order valence-corrected chi connectivity index (χ3v) is 5.11. The van der Waals surface area contributed by atoms with Crippen LogP contribution in [-0.2, 0) is 11.2 Å². The third kappa shape index (κ3) is 3.85. The Morgan fingerprint density at radius 3 is 2.48 bits per heavy atom. The van der Waals surface area contributed by atoms with Gasteiger partial charge in [-0.3, -0.25) is 4.90 Å². The second-order valence-corrected chi connectivity index (χ2v) is 8.20. The summed E-state index contributed by atoms with van der Waals surface area (Å²) in [5.74, 6) is 0. The molecular formula is C19H24ClN3O2. The molecule has 1 aromatic rings. The SMILES string of the molecule is CC(C)(C)OC(=O)N1C2CCC1CN(c1ccc(CC#N)c(Cl)c1)C2. The zero-order valence-corrected chi connectivity index (χ0v) is 15.7. The Hall–Kier alpha value is -1.93. The first-order valence-corrected chi connectivity index (χ1v) is 9.08. The van der Waals surface area contributed by atoms with Crippen LogP contribution in [0.1, 0.15) is 39.2 Å². The van der Waals surface area contributed by atoms with Crippen LogP contribution in [0, 0.1) is 11.3 Å². The maximum Gasteiger partial charge on any atom is 0.410 e. The van der Waals surface area contributed by atoms with Gasteiger partial charge in [0.25, 0.3) is 0 Å². The number of amides is 1. The van der Waals surface area contributed by atoms with Crippen LogP contribution in [0.4, 0.5) is 10.5 Å². The molecule has 2 bridgehead atoms. The highest BCUT2D eigenvalue weighted by molar-refractivity contribution is 6.31. The second kappa shape index (κ2) is 6.76. The topological polar surface area (TPSA) is 56.6 Å². The fourth-order valence-electron chi connectivity index (χ4n) is 3.69. The lowest BCUT2D eigenvalue weighted by molar-refractivity contribution is 0.0123. The van der Waals surface area contributed by atoms with E-state index in [0.717, 1.165) is 37.2 Å². The van der Waals surface area contributed by atoms with Gasteiger partial charge in [0.2, 0.25) is 0 Å². The monoisotopic (exact) mass is 361 g/mol. The predicted molar refractivity (Wildman–Crippen MR) is 97.9 cm³/mol. The highest BCUT2D eigenvalue weighted by Crippen LogP contribution is 2.35. The van der Waals surface area contributed by atoms with Gasteiger partial charge in [-0.05, 0) is 51.3 Å². The van der Waals surface area contributed by atoms with Gasteiger partial charge in [0.1, 0.15) is 5.60 Å². The number of rotatable bonds is 2. The number of carbonyl (C=O) groups excluding carboxylic acids is 1. The zero-order valence-electron chi connectivity index (χ0n) is 15.0. The molecule has 2 saturated heterocycles. The molecule has 6 heteroatoms. The Bertz CT molecular complexity index is 694. The van der Waals surface area contributed by atoms with Gasteiger partial charge in [0, 0.05) is 23.8 Å². The maximum atomic E-state index is 12.5. The minimum Gasteiger partial charge on any atom is -0.444 e. The molecule has 0 aromatic heterocycles. The van der Waals surface area contributed by atoms with Crippen LogP contribution >= 0.6 is 11.6 Å². The van der Waals surface area contributed by atoms with E-state index in [1.165, 1.54) is 0 Å². The molecule has 0 radical (unpaired) electrons. The van der Waals surface area contributed by atoms with Crippen molar-refractivity contribution in [2.45, 2.75) is 57.7 Å². The number of nitrogens with zero attached hydrogens (tertiary/aromatic N) is 3. The van der Waals surface area contributed by atoms with Gasteiger partial charge in [-0.1, -0.05) is 17.7 Å². The van der Waals surface area contributed by atoms with Gasteiger partial charge in [-0.15, -0.1) is 0 Å². The van der Waals surface area contributed by atoms with Crippen molar-refractivity contribution in [3.8, 4) is 6.07 Å². The van der Waals surface area contributed by atoms with Crippen molar-refractivity contribution < 1.29 is 9.53 Å². The number of hydrogen-bond donors (Lipinski definition) is 0. The molecule has 2 aliphatic rings. The standard InChI is InChI=1S/C19H24ClN3O2/c1-19(2,3)25-18(24)23-15-6-7-16(23)12-22(11-15)14-5-4-13(8-9-21)17(20)10-14/h4-5,10,15-16H,6-8,11-12H2,1-3H3. The molecule has 2 atom stereocenters. The Kier molecular flexibility index (Phi) is 4.83. The molecular weight excluding hydrogens is 338 g/mol. The first-order valence-electron chi connectivity index (χ1n) is 8.70. The Balaban J connectivity index is 1.73. The van der Waals surface area contributed by atoms with E-state index in [1.807, 2.05) is 43.9 Å². The van der Waals surface area contributed by atoms with Crippen LogP contribution in [0.15, 0.2) is 18.2 Å². The van der Waals surface area contributed by atoms with Gasteiger partial charge in [0.05, 0.1) is 24.6 Å². The molecule has 0 N–H and O–H groups in total. The summed E-state index contributed by atoms with van der Waals surface area (Å²) in [4.78, 5) is 16.7. The Morgan fingerprint density at radius 1 is 1.32 bits per heavy atom. The fourth-order valence-corrected chi connectivity index (χ4v) is 3.93. The summed E-state index contributed by atoms with van der Waals surface area (Å²) in [6, 6.07) is 8.34. The molecule has 2 fully saturated rings. The summed E-state index contributed by atoms with van der Waals surface area (Å²) >= 11 is 6.31. The van der Waals surface area contributed by atoms with Crippen LogP contribution in [0.25, 0.3) is 0 Å². The molecule has 2 aliphatic heterocycles. The number of nitriles is 1. The first-order chi connectivity index (χ1) is 11.8. The van der Waals surface area contributed by atoms with E-state index < -0.39 is 5.60 Å². The van der Waals surface area contributed by atoms with Crippen molar-refractivity contribution in [2.24, 2.45) is 0 Å². The lowest BCUT2D eigenvalue weighted by Crippen LogP contribution is -2.56. The number of benzene rings is 1. The molecule has 1 amide bonds. The number of piperazine rings is 1. The maximum absolute atomic E-state index is 12.5. The number of carbonyl (C=O) groups is 1. The molecule has 0 spiro atoms. The van der Waals surface area contributed by atoms with Crippen molar-refractivity contribution in [2.75, 3.05) is 18.0 Å². The van der Waals surface area contributed by atoms with Crippen molar-refractivity contribution in [3.63, 3.8) is 0 Å². The van der Waals surface area contributed by atoms with Gasteiger partial charge in [-0.25, -0.2) is 4.79 Å². The van der Waals surface area contributed by atoms with Crippen molar-refractivity contribution in [1.82, 2.24) is 4.90 Å². The number of ether oxygens (including phenoxy) is 1. The molecule has 3 rings (SSSR count). The molecule has 134 valence electrons. The van der Waals surface area contributed by atoms with E-state index in [4.69, 9.17) is 21.6 Å². The van der Waals surface area contributed by atoms with E-state index in [9.17, 15) is 4.79 Å². The van der Waals surface area contributed by atoms with Crippen LogP contribution in [0.5, 0.6) is 0 Å². The lowest BCUT2D eigenvalue weighted by Gasteiger charge is -2.42. The van der Waals surface area contributed by atoms with E-state index in [1.54, 1.807) is 0 Å². The van der Waals surface area contributed by atoms with Gasteiger partial charge in [0.15, 0.2) is 0 Å². The quantitative estimate of drug-likeness (QED) is 0.799. The van der Waals surface area contributed by atoms with Crippen LogP contribution in [-0.4, -0.2) is 41.8 Å². The summed E-state index contributed by atoms with van der Waals surface area (Å²) < 4.78 is 5.58. The molecule has 0 saturated carbocycles. The molecule has 1 aromatic carbocycles. The number of hydrogen-bond acceptors (Lipinski definition) is 4. The number of anilines is 1. The van der Waals surface area contributed by atoms with Crippen molar-refractivity contribution in [1.29, 1.82) is 5.26 Å². The second-order valence-electron chi connectivity index (χ2n) is 7.79. The average molecular weight is 362 g/mol. The molecule has 0 aliphatic carbocycles. The minimum absolute atomic E-state index is 0.172. The Morgan fingerprint density at radius 2 is 1.96 bits per heavy atom. The Labute approximate surface area is 154 Å². The van der Waals surface area contributed by atoms with E-state index in [2.05, 4.69) is 11.0 Å². The average Bonchev–Trinajstić information content (AvgIpc) is 2.78. The number of halogens is 1. The summed E-state index contributed by atoms with van der Waals surface area (Å²) in [5.41, 5.74) is 1.42. The summed E-state index contributed by atoms with van der Waals surface area (Å²) in [6.07, 6.45) is 2.11. The van der Waals surface area contributed by atoms with E-state index >= 15 is 0 Å². The zero-order chi connectivity index (χ0) is 18.2. The number of fused-ring (bicyclic) bond motifs is 2. The summed E-state index contributed by atoms with van der Waals surface area (Å²) in [5, 5.41) is 9.46. The largest absolute Gasteiger partial charge is 0.444 e. The van der Waals surface area contributed by atoms with Crippen LogP contribution in [0.2, 0.25) is 5.02 Å². The predicted octanol–water partition coefficient (Wildman–Crippen LogP) is 3.99. The third-order valence-electron chi connectivity index (χ3n) is 4.76. The van der Waals surface area contributed by atoms with Crippen LogP contribution in [0.3, 0.4) is 0 Å². The fraction of sp³-hybridized carbons (Fsp3) is 0.579. The highest BCUT2D eigenvalue weighted by Gasteiger charge is 2.44. The minimum atomic E-state index is -0.474. The normalized spacial score (nSPS) is 22.7. The van der Waals surface area contributed by atoms with Crippen LogP contribution < -0.4 is 4.90 Å². The highest BCUT2D eigenvalue weighted by atomic mass is 35.5. The van der Waals surface area contributed by atoms with E-state index in [-0.39, 0.29) is 18.2 Å². The lowest BCUT2D eigenvalue weighted by atomic mass is 10.1. The van der Waals surface area contributed by atoms with Crippen molar-refractivity contribution in [3.05, 3.63) is 28.8 Å². The van der Waals surface area contributed by atoms with Crippen molar-refractivity contribution >= 4 is 23.4 Å². The van der Waals surface area contributed by atoms with Gasteiger partial charge in [-0.2, -0.15) is 5.26 Å². The molecule has 2 heterocycles.